The Bertz CT molecular complexity index is 1220. The first-order valence-corrected chi connectivity index (χ1v) is 11.8. The van der Waals surface area contributed by atoms with Crippen molar-refractivity contribution >= 4 is 5.97 Å². The van der Waals surface area contributed by atoms with E-state index in [0.717, 1.165) is 23.7 Å². The summed E-state index contributed by atoms with van der Waals surface area (Å²) in [6, 6.07) is 5.02. The number of carbonyl (C=O) groups is 1. The van der Waals surface area contributed by atoms with Gasteiger partial charge in [-0.15, -0.1) is 0 Å². The molecule has 11 heteroatoms. The molecule has 0 amide bonds. The zero-order chi connectivity index (χ0) is 27.4. The maximum atomic E-state index is 13.3. The number of aromatic nitrogens is 4. The normalized spacial score (nSPS) is 12.2. The molecule has 0 radical (unpaired) electrons. The average Bonchev–Trinajstić information content (AvgIpc) is 3.25. The minimum Gasteiger partial charge on any atom is -0.481 e. The smallest absolute Gasteiger partial charge is 0.434 e. The molecule has 0 aliphatic heterocycles. The van der Waals surface area contributed by atoms with Gasteiger partial charge < -0.3 is 19.1 Å². The number of hydrogen-bond donors (Lipinski definition) is 1. The number of halogens is 3. The number of pyridine rings is 2. The SMILES string of the molecule is Cc1cc(OCC(C)(C)C(=O)O)ncc1-c1ccc(-c2nc(C(F)(F)F)cn2COCCC(C)C)nc1. The van der Waals surface area contributed by atoms with Crippen molar-refractivity contribution in [3.63, 3.8) is 0 Å². The summed E-state index contributed by atoms with van der Waals surface area (Å²) in [6.45, 7) is 9.35. The second kappa shape index (κ2) is 11.3. The quantitative estimate of drug-likeness (QED) is 0.317. The Labute approximate surface area is 213 Å². The lowest BCUT2D eigenvalue weighted by Gasteiger charge is -2.19. The first-order chi connectivity index (χ1) is 17.3. The number of aliphatic carboxylic acids is 1. The van der Waals surface area contributed by atoms with Crippen LogP contribution in [0.15, 0.2) is 36.8 Å². The second-order valence-electron chi connectivity index (χ2n) is 9.88. The summed E-state index contributed by atoms with van der Waals surface area (Å²) >= 11 is 0. The molecule has 3 heterocycles. The molecule has 0 saturated heterocycles. The van der Waals surface area contributed by atoms with Crippen molar-refractivity contribution in [3.8, 4) is 28.5 Å². The highest BCUT2D eigenvalue weighted by Crippen LogP contribution is 2.32. The zero-order valence-electron chi connectivity index (χ0n) is 21.5. The largest absolute Gasteiger partial charge is 0.481 e. The number of hydrogen-bond acceptors (Lipinski definition) is 6. The fourth-order valence-electron chi connectivity index (χ4n) is 3.25. The molecule has 3 aromatic rings. The summed E-state index contributed by atoms with van der Waals surface area (Å²) in [5.41, 5.74) is 0.460. The number of alkyl halides is 3. The molecule has 0 aliphatic rings. The van der Waals surface area contributed by atoms with E-state index >= 15 is 0 Å². The van der Waals surface area contributed by atoms with Crippen LogP contribution in [0.3, 0.4) is 0 Å². The van der Waals surface area contributed by atoms with Crippen molar-refractivity contribution in [2.75, 3.05) is 13.2 Å². The van der Waals surface area contributed by atoms with Gasteiger partial charge in [-0.2, -0.15) is 13.2 Å². The lowest BCUT2D eigenvalue weighted by Crippen LogP contribution is -2.30. The predicted molar refractivity (Wildman–Crippen MR) is 131 cm³/mol. The summed E-state index contributed by atoms with van der Waals surface area (Å²) in [4.78, 5) is 23.7. The highest BCUT2D eigenvalue weighted by atomic mass is 19.4. The van der Waals surface area contributed by atoms with Crippen LogP contribution in [-0.4, -0.2) is 43.8 Å². The monoisotopic (exact) mass is 520 g/mol. The highest BCUT2D eigenvalue weighted by Gasteiger charge is 2.35. The van der Waals surface area contributed by atoms with Crippen LogP contribution in [0, 0.1) is 18.3 Å². The molecule has 8 nitrogen and oxygen atoms in total. The van der Waals surface area contributed by atoms with Crippen LogP contribution in [0.2, 0.25) is 0 Å². The van der Waals surface area contributed by atoms with Gasteiger partial charge in [0.1, 0.15) is 19.0 Å². The van der Waals surface area contributed by atoms with Gasteiger partial charge >= 0.3 is 12.1 Å². The third-order valence-electron chi connectivity index (χ3n) is 5.69. The molecule has 0 fully saturated rings. The van der Waals surface area contributed by atoms with Crippen LogP contribution < -0.4 is 4.74 Å². The number of rotatable bonds is 11. The third-order valence-corrected chi connectivity index (χ3v) is 5.69. The van der Waals surface area contributed by atoms with Gasteiger partial charge in [-0.25, -0.2) is 9.97 Å². The summed E-state index contributed by atoms with van der Waals surface area (Å²) in [5.74, 6) is -0.211. The van der Waals surface area contributed by atoms with E-state index in [2.05, 4.69) is 15.0 Å². The molecular formula is C26H31F3N4O4. The molecule has 0 spiro atoms. The number of imidazole rings is 1. The molecular weight excluding hydrogens is 489 g/mol. The van der Waals surface area contributed by atoms with E-state index in [1.807, 2.05) is 20.8 Å². The molecule has 0 bridgehead atoms. The van der Waals surface area contributed by atoms with Crippen LogP contribution in [0.1, 0.15) is 45.4 Å². The Kier molecular flexibility index (Phi) is 8.57. The fraction of sp³-hybridized carbons (Fsp3) is 0.462. The van der Waals surface area contributed by atoms with Crippen molar-refractivity contribution in [1.29, 1.82) is 0 Å². The fourth-order valence-corrected chi connectivity index (χ4v) is 3.25. The lowest BCUT2D eigenvalue weighted by atomic mass is 9.95. The second-order valence-corrected chi connectivity index (χ2v) is 9.88. The van der Waals surface area contributed by atoms with Crippen molar-refractivity contribution in [2.45, 2.75) is 53.9 Å². The Balaban J connectivity index is 1.80. The van der Waals surface area contributed by atoms with E-state index in [1.165, 1.54) is 4.57 Å². The zero-order valence-corrected chi connectivity index (χ0v) is 21.5. The summed E-state index contributed by atoms with van der Waals surface area (Å²) in [7, 11) is 0. The molecule has 1 N–H and O–H groups in total. The van der Waals surface area contributed by atoms with E-state index in [9.17, 15) is 23.1 Å². The molecule has 0 atom stereocenters. The Morgan fingerprint density at radius 1 is 1.16 bits per heavy atom. The predicted octanol–water partition coefficient (Wildman–Crippen LogP) is 5.84. The number of aryl methyl sites for hydroxylation is 1. The summed E-state index contributed by atoms with van der Waals surface area (Å²) in [6.07, 6.45) is 0.250. The van der Waals surface area contributed by atoms with Crippen molar-refractivity contribution in [2.24, 2.45) is 11.3 Å². The third kappa shape index (κ3) is 7.28. The van der Waals surface area contributed by atoms with Gasteiger partial charge in [0.15, 0.2) is 11.5 Å². The molecule has 0 aromatic carbocycles. The molecule has 0 saturated carbocycles. The van der Waals surface area contributed by atoms with Crippen LogP contribution in [0.5, 0.6) is 5.88 Å². The molecule has 37 heavy (non-hydrogen) atoms. The van der Waals surface area contributed by atoms with Crippen LogP contribution in [-0.2, 0) is 22.4 Å². The van der Waals surface area contributed by atoms with E-state index < -0.39 is 23.3 Å². The minimum absolute atomic E-state index is 0.0435. The van der Waals surface area contributed by atoms with Crippen molar-refractivity contribution in [3.05, 3.63) is 48.0 Å². The Morgan fingerprint density at radius 3 is 2.46 bits per heavy atom. The van der Waals surface area contributed by atoms with Crippen molar-refractivity contribution in [1.82, 2.24) is 19.5 Å². The van der Waals surface area contributed by atoms with E-state index in [-0.39, 0.29) is 24.9 Å². The lowest BCUT2D eigenvalue weighted by molar-refractivity contribution is -0.148. The van der Waals surface area contributed by atoms with Crippen molar-refractivity contribution < 1.29 is 32.5 Å². The van der Waals surface area contributed by atoms with E-state index in [4.69, 9.17) is 9.47 Å². The maximum Gasteiger partial charge on any atom is 0.434 e. The number of nitrogens with zero attached hydrogens (tertiary/aromatic N) is 4. The minimum atomic E-state index is -4.59. The van der Waals surface area contributed by atoms with Gasteiger partial charge in [0.2, 0.25) is 5.88 Å². The molecule has 3 rings (SSSR count). The van der Waals surface area contributed by atoms with E-state index in [0.29, 0.717) is 24.0 Å². The number of carboxylic acid groups (broad SMARTS) is 1. The Hall–Kier alpha value is -3.47. The van der Waals surface area contributed by atoms with Crippen LogP contribution >= 0.6 is 0 Å². The summed E-state index contributed by atoms with van der Waals surface area (Å²) in [5, 5.41) is 9.23. The molecule has 200 valence electrons. The van der Waals surface area contributed by atoms with Gasteiger partial charge in [-0.3, -0.25) is 9.78 Å². The summed E-state index contributed by atoms with van der Waals surface area (Å²) < 4.78 is 52.4. The molecule has 3 aromatic heterocycles. The standard InChI is InChI=1S/C26H31F3N4O4/c1-16(2)8-9-36-15-33-13-21(26(27,28)29)32-23(33)20-7-6-18(11-30-20)19-12-31-22(10-17(19)3)37-14-25(4,5)24(34)35/h6-7,10-13,16H,8-9,14-15H2,1-5H3,(H,34,35). The van der Waals surface area contributed by atoms with Gasteiger partial charge in [-0.05, 0) is 44.7 Å². The first kappa shape index (κ1) is 28.1. The molecule has 0 unspecified atom stereocenters. The maximum absolute atomic E-state index is 13.3. The highest BCUT2D eigenvalue weighted by molar-refractivity contribution is 5.73. The first-order valence-electron chi connectivity index (χ1n) is 11.8. The number of ether oxygens (including phenoxy) is 2. The van der Waals surface area contributed by atoms with Crippen LogP contribution in [0.4, 0.5) is 13.2 Å². The van der Waals surface area contributed by atoms with Gasteiger partial charge in [0, 0.05) is 42.4 Å². The van der Waals surface area contributed by atoms with E-state index in [1.54, 1.807) is 44.4 Å². The average molecular weight is 521 g/mol. The Morgan fingerprint density at radius 2 is 1.89 bits per heavy atom. The van der Waals surface area contributed by atoms with Gasteiger partial charge in [-0.1, -0.05) is 19.9 Å². The van der Waals surface area contributed by atoms with Gasteiger partial charge in [0.05, 0.1) is 5.41 Å². The van der Waals surface area contributed by atoms with Crippen LogP contribution in [0.25, 0.3) is 22.6 Å². The molecule has 0 aliphatic carbocycles. The van der Waals surface area contributed by atoms with Gasteiger partial charge in [0.25, 0.3) is 0 Å². The topological polar surface area (TPSA) is 99.4 Å². The number of carboxylic acids is 1.